The fourth-order valence-corrected chi connectivity index (χ4v) is 6.21. The molecule has 2 aliphatic rings. The van der Waals surface area contributed by atoms with Crippen molar-refractivity contribution in [2.75, 3.05) is 13.2 Å². The minimum atomic E-state index is 0.636. The van der Waals surface area contributed by atoms with E-state index in [0.29, 0.717) is 5.92 Å². The first kappa shape index (κ1) is 26.4. The average molecular weight is 457 g/mol. The molecule has 188 valence electrons. The van der Waals surface area contributed by atoms with E-state index in [1.165, 1.54) is 102 Å². The molecule has 2 heteroatoms. The van der Waals surface area contributed by atoms with Gasteiger partial charge in [0.15, 0.2) is 0 Å². The summed E-state index contributed by atoms with van der Waals surface area (Å²) in [5, 5.41) is 0. The number of hydrogen-bond donors (Lipinski definition) is 0. The molecule has 2 saturated carbocycles. The van der Waals surface area contributed by atoms with E-state index in [1.807, 2.05) is 0 Å². The standard InChI is InChI=1S/C31H52O2/c1-4-7-8-9-11-26-12-14-27(15-13-26)24-33-31-21-20-29(32-22-6-3)23-30(31)28-18-16-25(10-5-2)17-19-28/h20-21,23,25-28H,4-19,22,24H2,1-3H3. The van der Waals surface area contributed by atoms with Crippen molar-refractivity contribution in [1.82, 2.24) is 0 Å². The van der Waals surface area contributed by atoms with Crippen LogP contribution in [0.15, 0.2) is 18.2 Å². The number of ether oxygens (including phenoxy) is 2. The van der Waals surface area contributed by atoms with Gasteiger partial charge in [0.05, 0.1) is 13.2 Å². The van der Waals surface area contributed by atoms with Crippen molar-refractivity contribution in [3.63, 3.8) is 0 Å². The highest BCUT2D eigenvalue weighted by Crippen LogP contribution is 2.42. The molecule has 0 amide bonds. The Labute approximate surface area is 205 Å². The minimum absolute atomic E-state index is 0.636. The summed E-state index contributed by atoms with van der Waals surface area (Å²) in [4.78, 5) is 0. The van der Waals surface area contributed by atoms with Crippen LogP contribution in [-0.4, -0.2) is 13.2 Å². The van der Waals surface area contributed by atoms with E-state index in [-0.39, 0.29) is 0 Å². The predicted octanol–water partition coefficient (Wildman–Crippen LogP) is 9.70. The van der Waals surface area contributed by atoms with Gasteiger partial charge in [-0.25, -0.2) is 0 Å². The lowest BCUT2D eigenvalue weighted by atomic mass is 9.77. The van der Waals surface area contributed by atoms with E-state index in [4.69, 9.17) is 9.47 Å². The molecule has 0 saturated heterocycles. The quantitative estimate of drug-likeness (QED) is 0.259. The summed E-state index contributed by atoms with van der Waals surface area (Å²) in [5.41, 5.74) is 1.42. The highest BCUT2D eigenvalue weighted by atomic mass is 16.5. The Hall–Kier alpha value is -1.18. The van der Waals surface area contributed by atoms with Gasteiger partial charge in [-0.3, -0.25) is 0 Å². The molecule has 1 aromatic rings. The van der Waals surface area contributed by atoms with Crippen LogP contribution in [0.2, 0.25) is 0 Å². The SMILES string of the molecule is CCCCCCC1CCC(COc2ccc(OCCC)cc2C2CCC(CCC)CC2)CC1. The maximum Gasteiger partial charge on any atom is 0.123 e. The number of rotatable bonds is 14. The van der Waals surface area contributed by atoms with Crippen LogP contribution < -0.4 is 9.47 Å². The zero-order valence-corrected chi connectivity index (χ0v) is 22.1. The average Bonchev–Trinajstić information content (AvgIpc) is 2.86. The lowest BCUT2D eigenvalue weighted by molar-refractivity contribution is 0.175. The van der Waals surface area contributed by atoms with Crippen molar-refractivity contribution < 1.29 is 9.47 Å². The molecule has 2 aliphatic carbocycles. The molecule has 0 N–H and O–H groups in total. The molecular formula is C31H52O2. The Morgan fingerprint density at radius 3 is 2.06 bits per heavy atom. The molecule has 2 fully saturated rings. The minimum Gasteiger partial charge on any atom is -0.494 e. The summed E-state index contributed by atoms with van der Waals surface area (Å²) in [7, 11) is 0. The summed E-state index contributed by atoms with van der Waals surface area (Å²) in [6, 6.07) is 6.64. The lowest BCUT2D eigenvalue weighted by Crippen LogP contribution is -2.21. The Bertz CT molecular complexity index is 638. The summed E-state index contributed by atoms with van der Waals surface area (Å²) < 4.78 is 12.6. The molecule has 0 radical (unpaired) electrons. The summed E-state index contributed by atoms with van der Waals surface area (Å²) in [6.07, 6.45) is 21.8. The molecular weight excluding hydrogens is 404 g/mol. The second-order valence-corrected chi connectivity index (χ2v) is 11.1. The monoisotopic (exact) mass is 456 g/mol. The molecule has 0 heterocycles. The summed E-state index contributed by atoms with van der Waals surface area (Å²) in [5.74, 6) is 5.45. The zero-order chi connectivity index (χ0) is 23.3. The summed E-state index contributed by atoms with van der Waals surface area (Å²) >= 11 is 0. The molecule has 1 aromatic carbocycles. The molecule has 0 unspecified atom stereocenters. The molecule has 0 aliphatic heterocycles. The first-order valence-corrected chi connectivity index (χ1v) is 14.6. The Morgan fingerprint density at radius 2 is 1.36 bits per heavy atom. The van der Waals surface area contributed by atoms with Crippen molar-refractivity contribution in [3.05, 3.63) is 23.8 Å². The van der Waals surface area contributed by atoms with Crippen LogP contribution in [0, 0.1) is 17.8 Å². The number of unbranched alkanes of at least 4 members (excludes halogenated alkanes) is 3. The lowest BCUT2D eigenvalue weighted by Gasteiger charge is -2.31. The van der Waals surface area contributed by atoms with Gasteiger partial charge in [-0.05, 0) is 86.8 Å². The molecule has 0 spiro atoms. The van der Waals surface area contributed by atoms with Gasteiger partial charge < -0.3 is 9.47 Å². The van der Waals surface area contributed by atoms with Gasteiger partial charge in [0.25, 0.3) is 0 Å². The van der Waals surface area contributed by atoms with Crippen molar-refractivity contribution in [1.29, 1.82) is 0 Å². The number of hydrogen-bond acceptors (Lipinski definition) is 2. The van der Waals surface area contributed by atoms with Crippen LogP contribution >= 0.6 is 0 Å². The van der Waals surface area contributed by atoms with E-state index in [0.717, 1.165) is 48.9 Å². The van der Waals surface area contributed by atoms with E-state index in [1.54, 1.807) is 0 Å². The van der Waals surface area contributed by atoms with Gasteiger partial charge >= 0.3 is 0 Å². The fourth-order valence-electron chi connectivity index (χ4n) is 6.21. The number of benzene rings is 1. The molecule has 0 atom stereocenters. The van der Waals surface area contributed by atoms with Crippen molar-refractivity contribution >= 4 is 0 Å². The van der Waals surface area contributed by atoms with E-state index in [9.17, 15) is 0 Å². The van der Waals surface area contributed by atoms with Crippen LogP contribution in [0.1, 0.15) is 135 Å². The molecule has 3 rings (SSSR count). The Kier molecular flexibility index (Phi) is 12.0. The Morgan fingerprint density at radius 1 is 0.667 bits per heavy atom. The smallest absolute Gasteiger partial charge is 0.123 e. The Balaban J connectivity index is 1.53. The first-order chi connectivity index (χ1) is 16.2. The van der Waals surface area contributed by atoms with Crippen molar-refractivity contribution in [2.45, 2.75) is 129 Å². The van der Waals surface area contributed by atoms with E-state index < -0.39 is 0 Å². The topological polar surface area (TPSA) is 18.5 Å². The molecule has 0 aromatic heterocycles. The first-order valence-electron chi connectivity index (χ1n) is 14.6. The zero-order valence-electron chi connectivity index (χ0n) is 22.1. The highest BCUT2D eigenvalue weighted by Gasteiger charge is 2.26. The van der Waals surface area contributed by atoms with Gasteiger partial charge in [-0.1, -0.05) is 78.6 Å². The molecule has 33 heavy (non-hydrogen) atoms. The third-order valence-corrected chi connectivity index (χ3v) is 8.34. The molecule has 0 bridgehead atoms. The second kappa shape index (κ2) is 14.9. The van der Waals surface area contributed by atoms with Gasteiger partial charge in [-0.2, -0.15) is 0 Å². The van der Waals surface area contributed by atoms with Gasteiger partial charge in [0, 0.05) is 5.56 Å². The van der Waals surface area contributed by atoms with E-state index >= 15 is 0 Å². The van der Waals surface area contributed by atoms with Crippen molar-refractivity contribution in [2.24, 2.45) is 17.8 Å². The van der Waals surface area contributed by atoms with Crippen LogP contribution in [-0.2, 0) is 0 Å². The normalized spacial score (nSPS) is 25.7. The van der Waals surface area contributed by atoms with Gasteiger partial charge in [0.2, 0.25) is 0 Å². The maximum absolute atomic E-state index is 6.56. The fraction of sp³-hybridized carbons (Fsp3) is 0.806. The van der Waals surface area contributed by atoms with Crippen LogP contribution in [0.3, 0.4) is 0 Å². The maximum atomic E-state index is 6.56. The van der Waals surface area contributed by atoms with Gasteiger partial charge in [-0.15, -0.1) is 0 Å². The van der Waals surface area contributed by atoms with Gasteiger partial charge in [0.1, 0.15) is 11.5 Å². The molecule has 2 nitrogen and oxygen atoms in total. The van der Waals surface area contributed by atoms with Crippen LogP contribution in [0.4, 0.5) is 0 Å². The van der Waals surface area contributed by atoms with E-state index in [2.05, 4.69) is 39.0 Å². The third-order valence-electron chi connectivity index (χ3n) is 8.34. The van der Waals surface area contributed by atoms with Crippen molar-refractivity contribution in [3.8, 4) is 11.5 Å². The highest BCUT2D eigenvalue weighted by molar-refractivity contribution is 5.43. The second-order valence-electron chi connectivity index (χ2n) is 11.1. The predicted molar refractivity (Wildman–Crippen MR) is 142 cm³/mol. The summed E-state index contributed by atoms with van der Waals surface area (Å²) in [6.45, 7) is 8.50. The van der Waals surface area contributed by atoms with Crippen LogP contribution in [0.5, 0.6) is 11.5 Å². The largest absolute Gasteiger partial charge is 0.494 e. The van der Waals surface area contributed by atoms with Crippen LogP contribution in [0.25, 0.3) is 0 Å². The third kappa shape index (κ3) is 8.84.